The summed E-state index contributed by atoms with van der Waals surface area (Å²) in [7, 11) is 0. The minimum absolute atomic E-state index is 0.552. The lowest BCUT2D eigenvalue weighted by molar-refractivity contribution is -0.571. The number of fused-ring (bicyclic) bond motifs is 3. The van der Waals surface area contributed by atoms with Gasteiger partial charge in [0.2, 0.25) is 0 Å². The summed E-state index contributed by atoms with van der Waals surface area (Å²) in [6.45, 7) is 12.7. The Morgan fingerprint density at radius 3 is 2.47 bits per heavy atom. The lowest BCUT2D eigenvalue weighted by Crippen LogP contribution is -2.43. The maximum Gasteiger partial charge on any atom is 0.250 e. The van der Waals surface area contributed by atoms with E-state index in [0.29, 0.717) is 24.0 Å². The molecule has 2 nitrogen and oxygen atoms in total. The van der Waals surface area contributed by atoms with Crippen LogP contribution in [0.2, 0.25) is 0 Å². The quantitative estimate of drug-likeness (QED) is 0.736. The average molecular weight is 257 g/mol. The van der Waals surface area contributed by atoms with Crippen LogP contribution in [-0.4, -0.2) is 27.4 Å². The summed E-state index contributed by atoms with van der Waals surface area (Å²) in [6, 6.07) is 10.7. The molecule has 2 heterocycles. The molecule has 19 heavy (non-hydrogen) atoms. The van der Waals surface area contributed by atoms with Gasteiger partial charge in [0.25, 0.3) is 5.84 Å². The van der Waals surface area contributed by atoms with Crippen LogP contribution in [0, 0.1) is 5.92 Å². The van der Waals surface area contributed by atoms with Crippen molar-refractivity contribution in [3.8, 4) is 0 Å². The predicted molar refractivity (Wildman–Crippen MR) is 79.4 cm³/mol. The third-order valence-electron chi connectivity index (χ3n) is 4.58. The Bertz CT molecular complexity index is 528. The molecule has 3 rings (SSSR count). The van der Waals surface area contributed by atoms with Crippen LogP contribution in [0.1, 0.15) is 51.8 Å². The first-order valence-corrected chi connectivity index (χ1v) is 7.52. The second-order valence-electron chi connectivity index (χ2n) is 6.53. The number of benzene rings is 1. The van der Waals surface area contributed by atoms with E-state index in [2.05, 4.69) is 68.4 Å². The molecular formula is C17H25N2+. The van der Waals surface area contributed by atoms with Gasteiger partial charge in [-0.05, 0) is 20.8 Å². The molecule has 0 fully saturated rings. The molecule has 0 aromatic heterocycles. The van der Waals surface area contributed by atoms with Gasteiger partial charge >= 0.3 is 0 Å². The van der Waals surface area contributed by atoms with E-state index in [0.717, 1.165) is 6.54 Å². The highest BCUT2D eigenvalue weighted by atomic mass is 15.4. The fourth-order valence-corrected chi connectivity index (χ4v) is 4.03. The van der Waals surface area contributed by atoms with Gasteiger partial charge < -0.3 is 0 Å². The summed E-state index contributed by atoms with van der Waals surface area (Å²) in [5.41, 5.74) is 3.05. The van der Waals surface area contributed by atoms with Crippen LogP contribution in [0.3, 0.4) is 0 Å². The molecule has 2 aliphatic rings. The van der Waals surface area contributed by atoms with Gasteiger partial charge in [0.15, 0.2) is 6.04 Å². The minimum atomic E-state index is 0.552. The maximum atomic E-state index is 2.64. The van der Waals surface area contributed by atoms with Crippen LogP contribution in [0.5, 0.6) is 0 Å². The van der Waals surface area contributed by atoms with Crippen LogP contribution in [-0.2, 0) is 6.54 Å². The molecule has 1 aromatic rings. The predicted octanol–water partition coefficient (Wildman–Crippen LogP) is 3.42. The standard InChI is InChI=1S/C17H25N2/c1-11(2)17-18-10-14-8-6-7-9-15(14)16(18)13(5)19(17)12(3)4/h6-9,11-13,16H,10H2,1-5H3/q+1/t13-,16-/m0/s1. The van der Waals surface area contributed by atoms with Crippen LogP contribution in [0.25, 0.3) is 0 Å². The Balaban J connectivity index is 2.13. The Morgan fingerprint density at radius 1 is 1.16 bits per heavy atom. The van der Waals surface area contributed by atoms with Gasteiger partial charge in [0, 0.05) is 11.1 Å². The van der Waals surface area contributed by atoms with E-state index in [-0.39, 0.29) is 0 Å². The molecule has 0 N–H and O–H groups in total. The number of hydrogen-bond acceptors (Lipinski definition) is 1. The van der Waals surface area contributed by atoms with Crippen LogP contribution < -0.4 is 0 Å². The number of hydrogen-bond donors (Lipinski definition) is 0. The molecule has 1 aromatic carbocycles. The fraction of sp³-hybridized carbons (Fsp3) is 0.588. The highest BCUT2D eigenvalue weighted by molar-refractivity contribution is 5.81. The van der Waals surface area contributed by atoms with Gasteiger partial charge in [-0.2, -0.15) is 0 Å². The number of nitrogens with zero attached hydrogens (tertiary/aromatic N) is 2. The lowest BCUT2D eigenvalue weighted by atomic mass is 9.99. The van der Waals surface area contributed by atoms with Crippen LogP contribution in [0.4, 0.5) is 0 Å². The molecule has 102 valence electrons. The topological polar surface area (TPSA) is 6.25 Å². The van der Waals surface area contributed by atoms with Crippen LogP contribution in [0.15, 0.2) is 24.3 Å². The number of rotatable bonds is 2. The van der Waals surface area contributed by atoms with E-state index in [1.54, 1.807) is 0 Å². The zero-order valence-corrected chi connectivity index (χ0v) is 12.7. The summed E-state index contributed by atoms with van der Waals surface area (Å²) >= 11 is 0. The van der Waals surface area contributed by atoms with Crippen molar-refractivity contribution in [2.24, 2.45) is 5.92 Å². The van der Waals surface area contributed by atoms with Gasteiger partial charge in [-0.3, -0.25) is 9.48 Å². The van der Waals surface area contributed by atoms with Crippen molar-refractivity contribution >= 4 is 5.84 Å². The third-order valence-corrected chi connectivity index (χ3v) is 4.58. The first-order chi connectivity index (χ1) is 9.02. The third kappa shape index (κ3) is 1.73. The van der Waals surface area contributed by atoms with Crippen molar-refractivity contribution in [3.05, 3.63) is 35.4 Å². The van der Waals surface area contributed by atoms with E-state index in [9.17, 15) is 0 Å². The molecule has 0 unspecified atom stereocenters. The first-order valence-electron chi connectivity index (χ1n) is 7.52. The van der Waals surface area contributed by atoms with Gasteiger partial charge in [0.1, 0.15) is 12.6 Å². The molecule has 0 saturated heterocycles. The molecule has 0 aliphatic carbocycles. The normalized spacial score (nSPS) is 25.5. The Kier molecular flexibility index (Phi) is 2.92. The van der Waals surface area contributed by atoms with Crippen molar-refractivity contribution in [1.82, 2.24) is 4.90 Å². The Labute approximate surface area is 116 Å². The summed E-state index contributed by atoms with van der Waals surface area (Å²) in [5, 5.41) is 0. The molecule has 0 saturated carbocycles. The van der Waals surface area contributed by atoms with Crippen molar-refractivity contribution in [1.29, 1.82) is 0 Å². The van der Waals surface area contributed by atoms with Crippen molar-refractivity contribution in [2.45, 2.75) is 59.3 Å². The molecule has 2 aliphatic heterocycles. The zero-order chi connectivity index (χ0) is 13.7. The van der Waals surface area contributed by atoms with Crippen molar-refractivity contribution < 1.29 is 4.58 Å². The van der Waals surface area contributed by atoms with Gasteiger partial charge in [-0.1, -0.05) is 38.1 Å². The highest BCUT2D eigenvalue weighted by Crippen LogP contribution is 2.41. The lowest BCUT2D eigenvalue weighted by Gasteiger charge is -2.25. The molecule has 2 atom stereocenters. The molecular weight excluding hydrogens is 232 g/mol. The molecule has 0 radical (unpaired) electrons. The molecule has 0 amide bonds. The average Bonchev–Trinajstić information content (AvgIpc) is 2.84. The Morgan fingerprint density at radius 2 is 1.84 bits per heavy atom. The van der Waals surface area contributed by atoms with Crippen molar-refractivity contribution in [3.63, 3.8) is 0 Å². The van der Waals surface area contributed by atoms with E-state index in [1.165, 1.54) is 17.0 Å². The molecule has 0 spiro atoms. The smallest absolute Gasteiger partial charge is 0.250 e. The summed E-state index contributed by atoms with van der Waals surface area (Å²) in [6.07, 6.45) is 0. The SMILES string of the molecule is CC(C)C1=[N+]2Cc3ccccc3[C@@H]2[C@H](C)N1C(C)C. The van der Waals surface area contributed by atoms with Gasteiger partial charge in [-0.25, -0.2) is 0 Å². The molecule has 2 heteroatoms. The van der Waals surface area contributed by atoms with Crippen LogP contribution >= 0.6 is 0 Å². The highest BCUT2D eigenvalue weighted by Gasteiger charge is 2.51. The Hall–Kier alpha value is -1.31. The largest absolute Gasteiger partial charge is 0.256 e. The zero-order valence-electron chi connectivity index (χ0n) is 12.7. The number of amidine groups is 1. The van der Waals surface area contributed by atoms with E-state index in [1.807, 2.05) is 0 Å². The summed E-state index contributed by atoms with van der Waals surface area (Å²) in [4.78, 5) is 2.63. The monoisotopic (exact) mass is 257 g/mol. The fourth-order valence-electron chi connectivity index (χ4n) is 4.03. The van der Waals surface area contributed by atoms with E-state index in [4.69, 9.17) is 0 Å². The summed E-state index contributed by atoms with van der Waals surface area (Å²) in [5.74, 6) is 2.12. The first kappa shape index (κ1) is 12.7. The second kappa shape index (κ2) is 4.36. The second-order valence-corrected chi connectivity index (χ2v) is 6.53. The summed E-state index contributed by atoms with van der Waals surface area (Å²) < 4.78 is 2.64. The van der Waals surface area contributed by atoms with Gasteiger partial charge in [0.05, 0.1) is 12.0 Å². The molecule has 0 bridgehead atoms. The maximum absolute atomic E-state index is 2.64. The minimum Gasteiger partial charge on any atom is -0.256 e. The van der Waals surface area contributed by atoms with Crippen molar-refractivity contribution in [2.75, 3.05) is 0 Å². The van der Waals surface area contributed by atoms with E-state index < -0.39 is 0 Å². The van der Waals surface area contributed by atoms with Gasteiger partial charge in [-0.15, -0.1) is 0 Å². The van der Waals surface area contributed by atoms with E-state index >= 15 is 0 Å².